The summed E-state index contributed by atoms with van der Waals surface area (Å²) in [6.45, 7) is 4.01. The van der Waals surface area contributed by atoms with E-state index in [1.54, 1.807) is 6.92 Å². The molecule has 0 radical (unpaired) electrons. The van der Waals surface area contributed by atoms with E-state index in [9.17, 15) is 4.79 Å². The second-order valence-electron chi connectivity index (χ2n) is 4.57. The minimum absolute atomic E-state index is 0.270. The van der Waals surface area contributed by atoms with Gasteiger partial charge in [-0.1, -0.05) is 12.1 Å². The summed E-state index contributed by atoms with van der Waals surface area (Å²) in [4.78, 5) is 13.4. The van der Waals surface area contributed by atoms with Crippen LogP contribution in [0.2, 0.25) is 0 Å². The van der Waals surface area contributed by atoms with Crippen LogP contribution in [0.15, 0.2) is 24.3 Å². The van der Waals surface area contributed by atoms with Crippen molar-refractivity contribution in [2.24, 2.45) is 0 Å². The van der Waals surface area contributed by atoms with E-state index in [2.05, 4.69) is 29.2 Å². The SMILES string of the molecule is CC(=O)CCc1cccc(N2CCCC2)c1. The van der Waals surface area contributed by atoms with Gasteiger partial charge in [-0.25, -0.2) is 0 Å². The van der Waals surface area contributed by atoms with Crippen LogP contribution in [0.1, 0.15) is 31.7 Å². The summed E-state index contributed by atoms with van der Waals surface area (Å²) in [5.74, 6) is 0.270. The van der Waals surface area contributed by atoms with Crippen molar-refractivity contribution in [3.05, 3.63) is 29.8 Å². The molecule has 0 N–H and O–H groups in total. The van der Waals surface area contributed by atoms with Crippen LogP contribution in [0.3, 0.4) is 0 Å². The molecule has 1 aliphatic heterocycles. The minimum atomic E-state index is 0.270. The van der Waals surface area contributed by atoms with Crippen molar-refractivity contribution in [3.63, 3.8) is 0 Å². The molecular formula is C14H19NO. The van der Waals surface area contributed by atoms with Gasteiger partial charge in [0.25, 0.3) is 0 Å². The van der Waals surface area contributed by atoms with Crippen LogP contribution in [0.25, 0.3) is 0 Å². The van der Waals surface area contributed by atoms with E-state index in [1.165, 1.54) is 37.2 Å². The van der Waals surface area contributed by atoms with E-state index in [1.807, 2.05) is 0 Å². The molecule has 0 aromatic heterocycles. The number of hydrogen-bond acceptors (Lipinski definition) is 2. The monoisotopic (exact) mass is 217 g/mol. The molecule has 0 saturated carbocycles. The molecule has 0 amide bonds. The second kappa shape index (κ2) is 5.15. The Labute approximate surface area is 97.3 Å². The lowest BCUT2D eigenvalue weighted by Gasteiger charge is -2.18. The van der Waals surface area contributed by atoms with Gasteiger partial charge in [-0.3, -0.25) is 0 Å². The lowest BCUT2D eigenvalue weighted by atomic mass is 10.1. The predicted octanol–water partition coefficient (Wildman–Crippen LogP) is 2.81. The van der Waals surface area contributed by atoms with E-state index in [0.29, 0.717) is 6.42 Å². The quantitative estimate of drug-likeness (QED) is 0.773. The largest absolute Gasteiger partial charge is 0.372 e. The van der Waals surface area contributed by atoms with Gasteiger partial charge in [-0.15, -0.1) is 0 Å². The summed E-state index contributed by atoms with van der Waals surface area (Å²) in [6.07, 6.45) is 4.13. The summed E-state index contributed by atoms with van der Waals surface area (Å²) in [5.41, 5.74) is 2.60. The van der Waals surface area contributed by atoms with E-state index in [4.69, 9.17) is 0 Å². The first-order valence-corrected chi connectivity index (χ1v) is 6.09. The van der Waals surface area contributed by atoms with Crippen LogP contribution >= 0.6 is 0 Å². The molecule has 1 fully saturated rings. The van der Waals surface area contributed by atoms with E-state index in [0.717, 1.165) is 6.42 Å². The standard InChI is InChI=1S/C14H19NO/c1-12(16)7-8-13-5-4-6-14(11-13)15-9-2-3-10-15/h4-6,11H,2-3,7-10H2,1H3. The number of ketones is 1. The van der Waals surface area contributed by atoms with Gasteiger partial charge in [0.2, 0.25) is 0 Å². The van der Waals surface area contributed by atoms with Gasteiger partial charge in [0.05, 0.1) is 0 Å². The first-order chi connectivity index (χ1) is 7.75. The highest BCUT2D eigenvalue weighted by atomic mass is 16.1. The molecule has 1 aromatic carbocycles. The van der Waals surface area contributed by atoms with Crippen LogP contribution < -0.4 is 4.90 Å². The lowest BCUT2D eigenvalue weighted by Crippen LogP contribution is -2.17. The third-order valence-electron chi connectivity index (χ3n) is 3.15. The zero-order chi connectivity index (χ0) is 11.4. The fourth-order valence-electron chi connectivity index (χ4n) is 2.20. The Kier molecular flexibility index (Phi) is 3.60. The van der Waals surface area contributed by atoms with Gasteiger partial charge in [-0.05, 0) is 43.9 Å². The maximum atomic E-state index is 10.9. The maximum absolute atomic E-state index is 10.9. The molecule has 2 rings (SSSR count). The number of carbonyl (C=O) groups excluding carboxylic acids is 1. The molecule has 1 aromatic rings. The summed E-state index contributed by atoms with van der Waals surface area (Å²) >= 11 is 0. The van der Waals surface area contributed by atoms with Gasteiger partial charge >= 0.3 is 0 Å². The maximum Gasteiger partial charge on any atom is 0.130 e. The van der Waals surface area contributed by atoms with E-state index >= 15 is 0 Å². The number of benzene rings is 1. The van der Waals surface area contributed by atoms with Crippen molar-refractivity contribution in [1.29, 1.82) is 0 Å². The average molecular weight is 217 g/mol. The van der Waals surface area contributed by atoms with Gasteiger partial charge < -0.3 is 9.69 Å². The number of anilines is 1. The minimum Gasteiger partial charge on any atom is -0.372 e. The molecular weight excluding hydrogens is 198 g/mol. The Morgan fingerprint density at radius 2 is 2.06 bits per heavy atom. The summed E-state index contributed by atoms with van der Waals surface area (Å²) in [6, 6.07) is 8.61. The highest BCUT2D eigenvalue weighted by molar-refractivity contribution is 5.75. The Balaban J connectivity index is 2.03. The first kappa shape index (κ1) is 11.2. The average Bonchev–Trinajstić information content (AvgIpc) is 2.80. The molecule has 0 bridgehead atoms. The van der Waals surface area contributed by atoms with Gasteiger partial charge in [0.1, 0.15) is 5.78 Å². The van der Waals surface area contributed by atoms with Crippen molar-refractivity contribution >= 4 is 11.5 Å². The van der Waals surface area contributed by atoms with Gasteiger partial charge in [-0.2, -0.15) is 0 Å². The lowest BCUT2D eigenvalue weighted by molar-refractivity contribution is -0.116. The Bertz CT molecular complexity index is 367. The zero-order valence-corrected chi connectivity index (χ0v) is 9.91. The van der Waals surface area contributed by atoms with Crippen LogP contribution in [0.4, 0.5) is 5.69 Å². The summed E-state index contributed by atoms with van der Waals surface area (Å²) < 4.78 is 0. The molecule has 16 heavy (non-hydrogen) atoms. The molecule has 86 valence electrons. The van der Waals surface area contributed by atoms with Crippen LogP contribution in [0.5, 0.6) is 0 Å². The number of hydrogen-bond donors (Lipinski definition) is 0. The molecule has 1 heterocycles. The highest BCUT2D eigenvalue weighted by Gasteiger charge is 2.12. The molecule has 1 saturated heterocycles. The molecule has 0 aliphatic carbocycles. The number of nitrogens with zero attached hydrogens (tertiary/aromatic N) is 1. The molecule has 0 unspecified atom stereocenters. The van der Waals surface area contributed by atoms with Crippen LogP contribution in [0, 0.1) is 0 Å². The van der Waals surface area contributed by atoms with Crippen LogP contribution in [-0.4, -0.2) is 18.9 Å². The number of carbonyl (C=O) groups is 1. The molecule has 2 nitrogen and oxygen atoms in total. The summed E-state index contributed by atoms with van der Waals surface area (Å²) in [5, 5.41) is 0. The zero-order valence-electron chi connectivity index (χ0n) is 9.91. The van der Waals surface area contributed by atoms with Crippen molar-refractivity contribution < 1.29 is 4.79 Å². The number of Topliss-reactive ketones (excluding diaryl/α,β-unsaturated/α-hetero) is 1. The van der Waals surface area contributed by atoms with Crippen molar-refractivity contribution in [2.45, 2.75) is 32.6 Å². The first-order valence-electron chi connectivity index (χ1n) is 6.09. The Hall–Kier alpha value is -1.31. The highest BCUT2D eigenvalue weighted by Crippen LogP contribution is 2.21. The van der Waals surface area contributed by atoms with Gasteiger partial charge in [0, 0.05) is 25.2 Å². The van der Waals surface area contributed by atoms with Crippen molar-refractivity contribution in [1.82, 2.24) is 0 Å². The molecule has 2 heteroatoms. The van der Waals surface area contributed by atoms with Crippen molar-refractivity contribution in [3.8, 4) is 0 Å². The summed E-state index contributed by atoms with van der Waals surface area (Å²) in [7, 11) is 0. The number of rotatable bonds is 4. The molecule has 0 spiro atoms. The Morgan fingerprint density at radius 3 is 2.75 bits per heavy atom. The number of aryl methyl sites for hydroxylation is 1. The van der Waals surface area contributed by atoms with E-state index < -0.39 is 0 Å². The van der Waals surface area contributed by atoms with E-state index in [-0.39, 0.29) is 5.78 Å². The normalized spacial score (nSPS) is 15.4. The predicted molar refractivity (Wildman–Crippen MR) is 66.9 cm³/mol. The second-order valence-corrected chi connectivity index (χ2v) is 4.57. The fourth-order valence-corrected chi connectivity index (χ4v) is 2.20. The van der Waals surface area contributed by atoms with Crippen LogP contribution in [-0.2, 0) is 11.2 Å². The smallest absolute Gasteiger partial charge is 0.130 e. The molecule has 1 aliphatic rings. The van der Waals surface area contributed by atoms with Crippen molar-refractivity contribution in [2.75, 3.05) is 18.0 Å². The molecule has 0 atom stereocenters. The third-order valence-corrected chi connectivity index (χ3v) is 3.15. The Morgan fingerprint density at radius 1 is 1.31 bits per heavy atom. The third kappa shape index (κ3) is 2.84. The van der Waals surface area contributed by atoms with Gasteiger partial charge in [0.15, 0.2) is 0 Å². The topological polar surface area (TPSA) is 20.3 Å². The fraction of sp³-hybridized carbons (Fsp3) is 0.500.